The van der Waals surface area contributed by atoms with Crippen LogP contribution >= 0.6 is 11.6 Å². The summed E-state index contributed by atoms with van der Waals surface area (Å²) in [4.78, 5) is 54.5. The summed E-state index contributed by atoms with van der Waals surface area (Å²) < 4.78 is 23.5. The molecule has 218 valence electrons. The minimum atomic E-state index is -2.06. The maximum Gasteiger partial charge on any atom is 0.306 e. The van der Waals surface area contributed by atoms with Gasteiger partial charge < -0.3 is 28.6 Å². The Bertz CT molecular complexity index is 1810. The summed E-state index contributed by atoms with van der Waals surface area (Å²) in [5.74, 6) is -4.36. The number of hydrogen-bond donors (Lipinski definition) is 1. The standard InChI is InChI=1S/C31H28ClNO9/c1-14-10-19(34)23(28(36)31(14)29(37)24-20(39-2)13-21(40-3)25(32)27(24)42-31)17(12-22(35)41-4)18-11-16-7-5-6-15-8-9-33(26(15)16)30(18)38/h5-7,11,13-14,17,36H,8-10,12H2,1-4H3/t14-,17+,31+/m1/s1. The molecule has 10 nitrogen and oxygen atoms in total. The van der Waals surface area contributed by atoms with Crippen LogP contribution in [0, 0.1) is 5.92 Å². The Labute approximate surface area is 245 Å². The van der Waals surface area contributed by atoms with Gasteiger partial charge in [0.05, 0.1) is 33.3 Å². The van der Waals surface area contributed by atoms with E-state index in [1.54, 1.807) is 17.6 Å². The largest absolute Gasteiger partial charge is 0.507 e. The number of ketones is 2. The van der Waals surface area contributed by atoms with Crippen molar-refractivity contribution in [2.45, 2.75) is 44.2 Å². The van der Waals surface area contributed by atoms with Crippen LogP contribution in [-0.4, -0.2) is 54.1 Å². The monoisotopic (exact) mass is 593 g/mol. The molecule has 3 heterocycles. The second kappa shape index (κ2) is 9.90. The lowest BCUT2D eigenvalue weighted by Crippen LogP contribution is -2.53. The molecule has 2 aliphatic heterocycles. The van der Waals surface area contributed by atoms with Gasteiger partial charge in [-0.05, 0) is 23.4 Å². The number of Topliss-reactive ketones (excluding diaryl/α,β-unsaturated/α-hetero) is 2. The maximum absolute atomic E-state index is 14.2. The van der Waals surface area contributed by atoms with Gasteiger partial charge >= 0.3 is 5.97 Å². The number of halogens is 1. The molecule has 11 heteroatoms. The summed E-state index contributed by atoms with van der Waals surface area (Å²) in [5, 5.41) is 12.7. The topological polar surface area (TPSA) is 130 Å². The summed E-state index contributed by atoms with van der Waals surface area (Å²) in [6.07, 6.45) is 0.0310. The molecular formula is C31H28ClNO9. The Morgan fingerprint density at radius 2 is 1.90 bits per heavy atom. The van der Waals surface area contributed by atoms with E-state index in [1.165, 1.54) is 27.4 Å². The Kier molecular flexibility index (Phi) is 6.57. The Morgan fingerprint density at radius 3 is 2.60 bits per heavy atom. The number of carbonyl (C=O) groups excluding carboxylic acids is 3. The summed E-state index contributed by atoms with van der Waals surface area (Å²) in [6, 6.07) is 8.77. The third-order valence-electron chi connectivity index (χ3n) is 8.66. The fraction of sp³-hybridized carbons (Fsp3) is 0.355. The number of rotatable bonds is 6. The number of fused-ring (bicyclic) bond motifs is 1. The normalized spacial score (nSPS) is 21.5. The smallest absolute Gasteiger partial charge is 0.306 e. The van der Waals surface area contributed by atoms with Gasteiger partial charge in [-0.3, -0.25) is 19.2 Å². The zero-order valence-corrected chi connectivity index (χ0v) is 24.2. The van der Waals surface area contributed by atoms with E-state index in [1.807, 2.05) is 18.2 Å². The average Bonchev–Trinajstić information content (AvgIpc) is 3.55. The third kappa shape index (κ3) is 3.70. The number of methoxy groups -OCH3 is 3. The van der Waals surface area contributed by atoms with E-state index in [0.29, 0.717) is 13.0 Å². The third-order valence-corrected chi connectivity index (χ3v) is 9.02. The van der Waals surface area contributed by atoms with Crippen LogP contribution in [0.5, 0.6) is 17.2 Å². The zero-order valence-electron chi connectivity index (χ0n) is 23.4. The Morgan fingerprint density at radius 1 is 1.17 bits per heavy atom. The number of nitrogens with zero attached hydrogens (tertiary/aromatic N) is 1. The first-order valence-electron chi connectivity index (χ1n) is 13.5. The second-order valence-corrected chi connectivity index (χ2v) is 11.1. The van der Waals surface area contributed by atoms with Crippen LogP contribution in [0.25, 0.3) is 10.9 Å². The lowest BCUT2D eigenvalue weighted by atomic mass is 9.69. The molecule has 0 saturated heterocycles. The van der Waals surface area contributed by atoms with Gasteiger partial charge in [-0.1, -0.05) is 36.7 Å². The van der Waals surface area contributed by atoms with E-state index >= 15 is 0 Å². The molecule has 0 bridgehead atoms. The second-order valence-electron chi connectivity index (χ2n) is 10.8. The van der Waals surface area contributed by atoms with Gasteiger partial charge in [0.15, 0.2) is 17.3 Å². The van der Waals surface area contributed by atoms with Crippen LogP contribution in [0.2, 0.25) is 5.02 Å². The molecule has 2 aromatic carbocycles. The molecule has 1 spiro atoms. The number of benzene rings is 2. The molecular weight excluding hydrogens is 566 g/mol. The molecule has 0 unspecified atom stereocenters. The number of pyridine rings is 1. The van der Waals surface area contributed by atoms with Gasteiger partial charge in [0.25, 0.3) is 5.56 Å². The van der Waals surface area contributed by atoms with Crippen molar-refractivity contribution in [2.75, 3.05) is 21.3 Å². The van der Waals surface area contributed by atoms with Gasteiger partial charge in [-0.15, -0.1) is 0 Å². The lowest BCUT2D eigenvalue weighted by Gasteiger charge is -2.38. The van der Waals surface area contributed by atoms with E-state index in [-0.39, 0.29) is 45.4 Å². The lowest BCUT2D eigenvalue weighted by molar-refractivity contribution is -0.140. The first-order chi connectivity index (χ1) is 20.1. The fourth-order valence-electron chi connectivity index (χ4n) is 6.60. The van der Waals surface area contributed by atoms with Gasteiger partial charge in [0.1, 0.15) is 22.1 Å². The van der Waals surface area contributed by atoms with E-state index < -0.39 is 52.7 Å². The van der Waals surface area contributed by atoms with Gasteiger partial charge in [-0.2, -0.15) is 0 Å². The van der Waals surface area contributed by atoms with E-state index in [4.69, 9.17) is 30.5 Å². The predicted molar refractivity (Wildman–Crippen MR) is 152 cm³/mol. The minimum Gasteiger partial charge on any atom is -0.507 e. The number of aromatic nitrogens is 1. The number of para-hydroxylation sites is 1. The van der Waals surface area contributed by atoms with Crippen LogP contribution < -0.4 is 19.8 Å². The Balaban J connectivity index is 1.60. The van der Waals surface area contributed by atoms with Crippen molar-refractivity contribution in [1.29, 1.82) is 0 Å². The van der Waals surface area contributed by atoms with Crippen molar-refractivity contribution in [3.8, 4) is 17.2 Å². The van der Waals surface area contributed by atoms with Crippen molar-refractivity contribution in [3.05, 3.63) is 73.7 Å². The van der Waals surface area contributed by atoms with Crippen molar-refractivity contribution in [3.63, 3.8) is 0 Å². The van der Waals surface area contributed by atoms with Crippen LogP contribution in [0.3, 0.4) is 0 Å². The molecule has 0 fully saturated rings. The van der Waals surface area contributed by atoms with Gasteiger partial charge in [-0.25, -0.2) is 0 Å². The number of ether oxygens (including phenoxy) is 4. The quantitative estimate of drug-likeness (QED) is 0.415. The number of aliphatic hydroxyl groups is 1. The van der Waals surface area contributed by atoms with E-state index in [9.17, 15) is 24.3 Å². The first kappa shape index (κ1) is 27.8. The van der Waals surface area contributed by atoms with E-state index in [0.717, 1.165) is 16.5 Å². The number of allylic oxidation sites excluding steroid dienone is 1. The van der Waals surface area contributed by atoms with Crippen LogP contribution in [0.15, 0.2) is 46.5 Å². The predicted octanol–water partition coefficient (Wildman–Crippen LogP) is 4.31. The van der Waals surface area contributed by atoms with Crippen molar-refractivity contribution in [2.24, 2.45) is 5.92 Å². The van der Waals surface area contributed by atoms with Crippen molar-refractivity contribution in [1.82, 2.24) is 4.57 Å². The summed E-state index contributed by atoms with van der Waals surface area (Å²) in [6.45, 7) is 2.04. The molecule has 1 aliphatic carbocycles. The van der Waals surface area contributed by atoms with E-state index in [2.05, 4.69) is 0 Å². The zero-order chi connectivity index (χ0) is 30.1. The molecule has 3 atom stereocenters. The SMILES string of the molecule is COC(=O)C[C@H](C1=C(O)[C@@]2(Oc3c(Cl)c(OC)cc(OC)c3C2=O)[C@H](C)CC1=O)c1cc2cccc3c2n(c1=O)CC3. The van der Waals surface area contributed by atoms with Gasteiger partial charge in [0.2, 0.25) is 11.4 Å². The number of carbonyl (C=O) groups is 3. The molecule has 1 aromatic heterocycles. The molecule has 1 N–H and O–H groups in total. The van der Waals surface area contributed by atoms with Crippen LogP contribution in [0.1, 0.15) is 47.2 Å². The fourth-order valence-corrected chi connectivity index (χ4v) is 6.86. The minimum absolute atomic E-state index is 0.00491. The Hall–Kier alpha value is -4.31. The molecule has 6 rings (SSSR count). The van der Waals surface area contributed by atoms with Gasteiger partial charge in [0, 0.05) is 42.0 Å². The van der Waals surface area contributed by atoms with Crippen molar-refractivity contribution >= 4 is 40.0 Å². The summed E-state index contributed by atoms with van der Waals surface area (Å²) in [5.41, 5.74) is -0.757. The molecule has 3 aromatic rings. The molecule has 3 aliphatic rings. The highest BCUT2D eigenvalue weighted by Crippen LogP contribution is 2.55. The van der Waals surface area contributed by atoms with Crippen molar-refractivity contribution < 1.29 is 38.4 Å². The maximum atomic E-state index is 14.2. The molecule has 0 saturated carbocycles. The summed E-state index contributed by atoms with van der Waals surface area (Å²) in [7, 11) is 3.96. The molecule has 42 heavy (non-hydrogen) atoms. The highest BCUT2D eigenvalue weighted by Gasteiger charge is 2.61. The number of aryl methyl sites for hydroxylation is 2. The molecule has 0 radical (unpaired) electrons. The van der Waals surface area contributed by atoms with Crippen LogP contribution in [0.4, 0.5) is 0 Å². The molecule has 0 amide bonds. The number of aliphatic hydroxyl groups excluding tert-OH is 1. The highest BCUT2D eigenvalue weighted by molar-refractivity contribution is 6.35. The average molecular weight is 594 g/mol. The first-order valence-corrected chi connectivity index (χ1v) is 13.8. The summed E-state index contributed by atoms with van der Waals surface area (Å²) >= 11 is 6.54. The number of esters is 1. The highest BCUT2D eigenvalue weighted by atomic mass is 35.5. The number of hydrogen-bond acceptors (Lipinski definition) is 9. The van der Waals surface area contributed by atoms with Crippen LogP contribution in [-0.2, 0) is 27.3 Å².